The number of aryl methyl sites for hydroxylation is 1. The zero-order chi connectivity index (χ0) is 20.2. The van der Waals surface area contributed by atoms with Gasteiger partial charge in [-0.15, -0.1) is 0 Å². The molecule has 6 heteroatoms. The highest BCUT2D eigenvalue weighted by atomic mass is 16.5. The second-order valence-corrected chi connectivity index (χ2v) is 6.80. The van der Waals surface area contributed by atoms with E-state index in [1.54, 1.807) is 6.20 Å². The summed E-state index contributed by atoms with van der Waals surface area (Å²) in [4.78, 5) is 20.7. The average Bonchev–Trinajstić information content (AvgIpc) is 3.18. The van der Waals surface area contributed by atoms with E-state index in [0.29, 0.717) is 23.7 Å². The summed E-state index contributed by atoms with van der Waals surface area (Å²) in [5.41, 5.74) is 5.26. The maximum Gasteiger partial charge on any atom is 0.258 e. The molecule has 0 saturated heterocycles. The fourth-order valence-corrected chi connectivity index (χ4v) is 2.93. The molecule has 4 rings (SSSR count). The predicted octanol–water partition coefficient (Wildman–Crippen LogP) is 4.20. The highest BCUT2D eigenvalue weighted by molar-refractivity contribution is 5.77. The van der Waals surface area contributed by atoms with Gasteiger partial charge in [-0.25, -0.2) is 4.98 Å². The molecule has 1 N–H and O–H groups in total. The lowest BCUT2D eigenvalue weighted by molar-refractivity contribution is -0.123. The number of nitrogens with one attached hydrogen (secondary N) is 1. The van der Waals surface area contributed by atoms with Gasteiger partial charge in [0.1, 0.15) is 5.75 Å². The SMILES string of the molecule is Cc1cccc(OCC(=O)NCc2ccc(-c3nc4ncccc4o3)cc2)c1C. The van der Waals surface area contributed by atoms with Crippen LogP contribution in [0.3, 0.4) is 0 Å². The first-order valence-corrected chi connectivity index (χ1v) is 9.37. The number of amides is 1. The van der Waals surface area contributed by atoms with Crippen molar-refractivity contribution in [2.75, 3.05) is 6.61 Å². The number of oxazole rings is 1. The number of aromatic nitrogens is 2. The van der Waals surface area contributed by atoms with E-state index in [4.69, 9.17) is 9.15 Å². The van der Waals surface area contributed by atoms with E-state index in [-0.39, 0.29) is 12.5 Å². The Bertz CT molecular complexity index is 1120. The number of pyridine rings is 1. The van der Waals surface area contributed by atoms with E-state index >= 15 is 0 Å². The van der Waals surface area contributed by atoms with Gasteiger partial charge in [0.05, 0.1) is 0 Å². The number of fused-ring (bicyclic) bond motifs is 1. The Labute approximate surface area is 168 Å². The lowest BCUT2D eigenvalue weighted by Gasteiger charge is -2.11. The zero-order valence-electron chi connectivity index (χ0n) is 16.3. The number of hydrogen-bond acceptors (Lipinski definition) is 5. The van der Waals surface area contributed by atoms with Crippen molar-refractivity contribution in [1.82, 2.24) is 15.3 Å². The van der Waals surface area contributed by atoms with Crippen LogP contribution in [0, 0.1) is 13.8 Å². The highest BCUT2D eigenvalue weighted by Crippen LogP contribution is 2.23. The predicted molar refractivity (Wildman–Crippen MR) is 110 cm³/mol. The smallest absolute Gasteiger partial charge is 0.258 e. The molecule has 6 nitrogen and oxygen atoms in total. The van der Waals surface area contributed by atoms with Gasteiger partial charge in [0.15, 0.2) is 17.8 Å². The number of hydrogen-bond donors (Lipinski definition) is 1. The van der Waals surface area contributed by atoms with Gasteiger partial charge in [-0.2, -0.15) is 4.98 Å². The number of nitrogens with zero attached hydrogens (tertiary/aromatic N) is 2. The molecule has 4 aromatic rings. The first kappa shape index (κ1) is 18.7. The molecule has 29 heavy (non-hydrogen) atoms. The van der Waals surface area contributed by atoms with E-state index in [0.717, 1.165) is 28.0 Å². The normalized spacial score (nSPS) is 10.8. The van der Waals surface area contributed by atoms with Crippen LogP contribution in [0.5, 0.6) is 5.75 Å². The van der Waals surface area contributed by atoms with E-state index in [9.17, 15) is 4.79 Å². The zero-order valence-corrected chi connectivity index (χ0v) is 16.3. The van der Waals surface area contributed by atoms with E-state index < -0.39 is 0 Å². The van der Waals surface area contributed by atoms with Gasteiger partial charge in [-0.05, 0) is 60.9 Å². The Morgan fingerprint density at radius 1 is 1.07 bits per heavy atom. The summed E-state index contributed by atoms with van der Waals surface area (Å²) < 4.78 is 11.4. The fourth-order valence-electron chi connectivity index (χ4n) is 2.93. The molecule has 0 fully saturated rings. The molecular weight excluding hydrogens is 366 g/mol. The fraction of sp³-hybridized carbons (Fsp3) is 0.174. The summed E-state index contributed by atoms with van der Waals surface area (Å²) in [7, 11) is 0. The first-order valence-electron chi connectivity index (χ1n) is 9.37. The third-order valence-corrected chi connectivity index (χ3v) is 4.77. The number of carbonyl (C=O) groups excluding carboxylic acids is 1. The second kappa shape index (κ2) is 8.14. The van der Waals surface area contributed by atoms with Crippen molar-refractivity contribution in [2.24, 2.45) is 0 Å². The summed E-state index contributed by atoms with van der Waals surface area (Å²) in [5.74, 6) is 1.09. The minimum Gasteiger partial charge on any atom is -0.483 e. The van der Waals surface area contributed by atoms with E-state index in [1.807, 2.05) is 68.4 Å². The van der Waals surface area contributed by atoms with Gasteiger partial charge < -0.3 is 14.5 Å². The van der Waals surface area contributed by atoms with Gasteiger partial charge >= 0.3 is 0 Å². The molecular formula is C23H21N3O3. The average molecular weight is 387 g/mol. The molecule has 0 aliphatic rings. The second-order valence-electron chi connectivity index (χ2n) is 6.80. The molecule has 2 aromatic carbocycles. The van der Waals surface area contributed by atoms with E-state index in [1.165, 1.54) is 0 Å². The van der Waals surface area contributed by atoms with Gasteiger partial charge in [0.25, 0.3) is 5.91 Å². The van der Waals surface area contributed by atoms with Crippen LogP contribution in [-0.2, 0) is 11.3 Å². The third kappa shape index (κ3) is 4.27. The molecule has 0 unspecified atom stereocenters. The van der Waals surface area contributed by atoms with Crippen molar-refractivity contribution < 1.29 is 13.9 Å². The summed E-state index contributed by atoms with van der Waals surface area (Å²) in [6.07, 6.45) is 1.68. The lowest BCUT2D eigenvalue weighted by Crippen LogP contribution is -2.28. The van der Waals surface area contributed by atoms with E-state index in [2.05, 4.69) is 15.3 Å². The molecule has 146 valence electrons. The summed E-state index contributed by atoms with van der Waals surface area (Å²) >= 11 is 0. The van der Waals surface area contributed by atoms with Crippen LogP contribution in [0.25, 0.3) is 22.7 Å². The van der Waals surface area contributed by atoms with Gasteiger partial charge in [-0.3, -0.25) is 4.79 Å². The third-order valence-electron chi connectivity index (χ3n) is 4.77. The molecule has 0 radical (unpaired) electrons. The van der Waals surface area contributed by atoms with Gasteiger partial charge in [-0.1, -0.05) is 24.3 Å². The Morgan fingerprint density at radius 3 is 2.69 bits per heavy atom. The Morgan fingerprint density at radius 2 is 1.90 bits per heavy atom. The lowest BCUT2D eigenvalue weighted by atomic mass is 10.1. The number of ether oxygens (including phenoxy) is 1. The minimum absolute atomic E-state index is 0.0156. The van der Waals surface area contributed by atoms with Gasteiger partial charge in [0.2, 0.25) is 5.89 Å². The molecule has 1 amide bonds. The van der Waals surface area contributed by atoms with Crippen LogP contribution < -0.4 is 10.1 Å². The van der Waals surface area contributed by atoms with Crippen molar-refractivity contribution in [1.29, 1.82) is 0 Å². The summed E-state index contributed by atoms with van der Waals surface area (Å²) in [6, 6.07) is 17.2. The summed E-state index contributed by atoms with van der Waals surface area (Å²) in [6.45, 7) is 4.41. The largest absolute Gasteiger partial charge is 0.483 e. The quantitative estimate of drug-likeness (QED) is 0.536. The monoisotopic (exact) mass is 387 g/mol. The molecule has 0 saturated carbocycles. The first-order chi connectivity index (χ1) is 14.1. The number of carbonyl (C=O) groups is 1. The summed E-state index contributed by atoms with van der Waals surface area (Å²) in [5, 5.41) is 2.87. The van der Waals surface area contributed by atoms with Crippen LogP contribution in [-0.4, -0.2) is 22.5 Å². The van der Waals surface area contributed by atoms with Crippen molar-refractivity contribution in [2.45, 2.75) is 20.4 Å². The number of benzene rings is 2. The van der Waals surface area contributed by atoms with Crippen molar-refractivity contribution >= 4 is 17.1 Å². The van der Waals surface area contributed by atoms with Crippen LogP contribution in [0.1, 0.15) is 16.7 Å². The standard InChI is InChI=1S/C23H21N3O3/c1-15-5-3-6-19(16(15)2)28-14-21(27)25-13-17-8-10-18(11-9-17)23-26-22-20(29-23)7-4-12-24-22/h3-12H,13-14H2,1-2H3,(H,25,27). The Kier molecular flexibility index (Phi) is 5.24. The van der Waals surface area contributed by atoms with Gasteiger partial charge in [0, 0.05) is 18.3 Å². The molecule has 2 heterocycles. The van der Waals surface area contributed by atoms with Crippen LogP contribution in [0.15, 0.2) is 65.2 Å². The molecule has 0 bridgehead atoms. The van der Waals surface area contributed by atoms with Crippen molar-refractivity contribution in [3.8, 4) is 17.2 Å². The molecule has 2 aromatic heterocycles. The van der Waals surface area contributed by atoms with Crippen molar-refractivity contribution in [3.05, 3.63) is 77.5 Å². The molecule has 0 spiro atoms. The maximum atomic E-state index is 12.1. The Hall–Kier alpha value is -3.67. The minimum atomic E-state index is -0.167. The van der Waals surface area contributed by atoms with Crippen LogP contribution in [0.4, 0.5) is 0 Å². The van der Waals surface area contributed by atoms with Crippen molar-refractivity contribution in [3.63, 3.8) is 0 Å². The Balaban J connectivity index is 1.33. The van der Waals surface area contributed by atoms with Crippen LogP contribution >= 0.6 is 0 Å². The highest BCUT2D eigenvalue weighted by Gasteiger charge is 2.09. The molecule has 0 aliphatic heterocycles. The maximum absolute atomic E-state index is 12.1. The molecule has 0 atom stereocenters. The topological polar surface area (TPSA) is 77.2 Å². The van der Waals surface area contributed by atoms with Crippen LogP contribution in [0.2, 0.25) is 0 Å². The molecule has 0 aliphatic carbocycles. The number of rotatable bonds is 6.